The maximum absolute atomic E-state index is 8.93. The molecule has 0 aromatic rings. The molecule has 0 fully saturated rings. The summed E-state index contributed by atoms with van der Waals surface area (Å²) in [5.41, 5.74) is 0. The van der Waals surface area contributed by atoms with Crippen LogP contribution in [0.25, 0.3) is 0 Å². The van der Waals surface area contributed by atoms with Gasteiger partial charge in [-0.25, -0.2) is 0 Å². The molecule has 5 heteroatoms. The molecule has 0 aromatic heterocycles. The van der Waals surface area contributed by atoms with Crippen LogP contribution in [0.5, 0.6) is 0 Å². The molecule has 0 atom stereocenters. The van der Waals surface area contributed by atoms with Crippen LogP contribution in [0.2, 0.25) is 0 Å². The van der Waals surface area contributed by atoms with Crippen molar-refractivity contribution < 1.29 is 19.8 Å². The molecule has 0 aliphatic heterocycles. The van der Waals surface area contributed by atoms with Gasteiger partial charge in [-0.15, -0.1) is 12.4 Å². The van der Waals surface area contributed by atoms with Crippen molar-refractivity contribution >= 4 is 24.3 Å². The van der Waals surface area contributed by atoms with Gasteiger partial charge in [0.1, 0.15) is 0 Å². The fraction of sp³-hybridized carbons (Fsp3) is 0. The Morgan fingerprint density at radius 3 is 1.14 bits per heavy atom. The topological polar surface area (TPSA) is 80.3 Å². The van der Waals surface area contributed by atoms with E-state index in [1.54, 1.807) is 0 Å². The van der Waals surface area contributed by atoms with Crippen molar-refractivity contribution in [2.24, 2.45) is 0 Å². The highest BCUT2D eigenvalue weighted by Gasteiger charge is 1.74. The lowest BCUT2D eigenvalue weighted by molar-refractivity contribution is -0.345. The van der Waals surface area contributed by atoms with E-state index in [1.807, 2.05) is 0 Å². The fourth-order valence-corrected chi connectivity index (χ4v) is 0. The second-order valence-electron chi connectivity index (χ2n) is 0.575. The highest BCUT2D eigenvalue weighted by molar-refractivity contribution is 6.25. The van der Waals surface area contributed by atoms with Gasteiger partial charge >= 0.3 is 0 Å². The Labute approximate surface area is 45.2 Å². The van der Waals surface area contributed by atoms with Crippen LogP contribution >= 0.6 is 12.4 Å². The molecule has 0 saturated carbocycles. The van der Waals surface area contributed by atoms with E-state index in [1.165, 1.54) is 0 Å². The maximum atomic E-state index is 8.93. The predicted octanol–water partition coefficient (Wildman–Crippen LogP) is -3.09. The molecule has 4 nitrogen and oxygen atoms in total. The molecule has 0 N–H and O–H groups in total. The number of carboxylic acid groups (broad SMARTS) is 2. The zero-order valence-electron chi connectivity index (χ0n) is 3.04. The molecule has 0 spiro atoms. The van der Waals surface area contributed by atoms with Crippen LogP contribution in [-0.4, -0.2) is 11.9 Å². The first kappa shape index (κ1) is 9.52. The highest BCUT2D eigenvalue weighted by atomic mass is 35.5. The zero-order valence-corrected chi connectivity index (χ0v) is 3.86. The van der Waals surface area contributed by atoms with E-state index in [9.17, 15) is 0 Å². The molecular weight excluding hydrogens is 123 g/mol. The Morgan fingerprint density at radius 1 is 1.00 bits per heavy atom. The van der Waals surface area contributed by atoms with Crippen molar-refractivity contribution in [2.75, 3.05) is 0 Å². The van der Waals surface area contributed by atoms with Crippen molar-refractivity contribution in [3.8, 4) is 0 Å². The summed E-state index contributed by atoms with van der Waals surface area (Å²) in [5, 5.41) is 17.9. The van der Waals surface area contributed by atoms with Gasteiger partial charge in [-0.3, -0.25) is 0 Å². The first-order valence-electron chi connectivity index (χ1n) is 1.07. The minimum absolute atomic E-state index is 0. The van der Waals surface area contributed by atoms with Gasteiger partial charge in [-0.1, -0.05) is 0 Å². The van der Waals surface area contributed by atoms with Crippen LogP contribution in [0.4, 0.5) is 0 Å². The quantitative estimate of drug-likeness (QED) is 0.321. The number of hydrogen-bond donors (Lipinski definition) is 0. The second-order valence-corrected chi connectivity index (χ2v) is 0.575. The van der Waals surface area contributed by atoms with E-state index in [0.29, 0.717) is 0 Å². The third-order valence-electron chi connectivity index (χ3n) is 0.167. The molecule has 0 aliphatic carbocycles. The summed E-state index contributed by atoms with van der Waals surface area (Å²) in [6.45, 7) is 0. The van der Waals surface area contributed by atoms with Crippen molar-refractivity contribution in [1.29, 1.82) is 0 Å². The van der Waals surface area contributed by atoms with Crippen LogP contribution < -0.4 is 10.2 Å². The first-order valence-corrected chi connectivity index (χ1v) is 1.07. The number of carboxylic acids is 2. The largest absolute Gasteiger partial charge is 0.543 e. The van der Waals surface area contributed by atoms with Gasteiger partial charge in [-0.2, -0.15) is 0 Å². The average Bonchev–Trinajstić information content (AvgIpc) is 1.36. The van der Waals surface area contributed by atoms with E-state index in [4.69, 9.17) is 19.8 Å². The number of aliphatic carboxylic acids is 2. The summed E-state index contributed by atoms with van der Waals surface area (Å²) in [7, 11) is 0. The lowest BCUT2D eigenvalue weighted by Crippen LogP contribution is -2.42. The Morgan fingerprint density at radius 2 is 1.14 bits per heavy atom. The molecular formula is C2HClO4-2. The van der Waals surface area contributed by atoms with E-state index in [0.717, 1.165) is 0 Å². The molecule has 0 saturated heterocycles. The summed E-state index contributed by atoms with van der Waals surface area (Å²) >= 11 is 0. The van der Waals surface area contributed by atoms with Gasteiger partial charge in [0.15, 0.2) is 0 Å². The number of carbonyl (C=O) groups is 2. The van der Waals surface area contributed by atoms with Crippen LogP contribution in [-0.2, 0) is 9.59 Å². The number of carbonyl (C=O) groups excluding carboxylic acids is 2. The summed E-state index contributed by atoms with van der Waals surface area (Å²) in [6, 6.07) is 0. The molecule has 42 valence electrons. The summed E-state index contributed by atoms with van der Waals surface area (Å²) in [5.74, 6) is -4.37. The third kappa shape index (κ3) is 5.23. The molecule has 0 bridgehead atoms. The van der Waals surface area contributed by atoms with Gasteiger partial charge in [-0.05, 0) is 0 Å². The molecule has 0 radical (unpaired) electrons. The lowest BCUT2D eigenvalue weighted by atomic mass is 10.7. The van der Waals surface area contributed by atoms with E-state index < -0.39 is 11.9 Å². The Balaban J connectivity index is 0. The van der Waals surface area contributed by atoms with E-state index in [2.05, 4.69) is 0 Å². The molecule has 0 rings (SSSR count). The van der Waals surface area contributed by atoms with Crippen LogP contribution in [0, 0.1) is 0 Å². The Hall–Kier alpha value is -0.770. The van der Waals surface area contributed by atoms with Crippen LogP contribution in [0.3, 0.4) is 0 Å². The molecule has 0 amide bonds. The lowest BCUT2D eigenvalue weighted by Gasteiger charge is -1.97. The predicted molar refractivity (Wildman–Crippen MR) is 17.3 cm³/mol. The van der Waals surface area contributed by atoms with Crippen molar-refractivity contribution in [3.63, 3.8) is 0 Å². The number of rotatable bonds is 0. The highest BCUT2D eigenvalue weighted by Crippen LogP contribution is 1.41. The maximum Gasteiger partial charge on any atom is 0.0870 e. The summed E-state index contributed by atoms with van der Waals surface area (Å²) in [4.78, 5) is 17.9. The fourth-order valence-electron chi connectivity index (χ4n) is 0. The summed E-state index contributed by atoms with van der Waals surface area (Å²) in [6.07, 6.45) is 0. The minimum atomic E-state index is -2.19. The Bertz CT molecular complexity index is 75.7. The van der Waals surface area contributed by atoms with Gasteiger partial charge in [0.25, 0.3) is 0 Å². The van der Waals surface area contributed by atoms with Gasteiger partial charge < -0.3 is 19.8 Å². The zero-order chi connectivity index (χ0) is 5.15. The Kier molecular flexibility index (Phi) is 4.65. The van der Waals surface area contributed by atoms with Crippen LogP contribution in [0.1, 0.15) is 0 Å². The van der Waals surface area contributed by atoms with Gasteiger partial charge in [0.2, 0.25) is 0 Å². The molecule has 0 heterocycles. The van der Waals surface area contributed by atoms with E-state index in [-0.39, 0.29) is 12.4 Å². The van der Waals surface area contributed by atoms with Gasteiger partial charge in [0.05, 0.1) is 11.9 Å². The standard InChI is InChI=1S/C2H2O4.ClH/c3-1(4)2(5)6;/h(H,3,4)(H,5,6);1H/p-2. The van der Waals surface area contributed by atoms with Gasteiger partial charge in [0, 0.05) is 0 Å². The number of halogens is 1. The molecule has 7 heavy (non-hydrogen) atoms. The van der Waals surface area contributed by atoms with Crippen LogP contribution in [0.15, 0.2) is 0 Å². The van der Waals surface area contributed by atoms with Crippen molar-refractivity contribution in [3.05, 3.63) is 0 Å². The van der Waals surface area contributed by atoms with Crippen molar-refractivity contribution in [2.45, 2.75) is 0 Å². The smallest absolute Gasteiger partial charge is 0.0870 e. The number of hydrogen-bond acceptors (Lipinski definition) is 4. The molecule has 0 aliphatic rings. The SMILES string of the molecule is Cl.O=C([O-])C(=O)[O-]. The first-order chi connectivity index (χ1) is 2.64. The molecule has 0 unspecified atom stereocenters. The van der Waals surface area contributed by atoms with Crippen molar-refractivity contribution in [1.82, 2.24) is 0 Å². The van der Waals surface area contributed by atoms with E-state index >= 15 is 0 Å². The normalized spacial score (nSPS) is 6.29. The molecule has 0 aromatic carbocycles. The summed E-state index contributed by atoms with van der Waals surface area (Å²) < 4.78 is 0. The average molecular weight is 124 g/mol. The second kappa shape index (κ2) is 3.42. The monoisotopic (exact) mass is 124 g/mol. The minimum Gasteiger partial charge on any atom is -0.543 e. The third-order valence-corrected chi connectivity index (χ3v) is 0.167.